The molecule has 0 radical (unpaired) electrons. The van der Waals surface area contributed by atoms with E-state index in [4.69, 9.17) is 23.1 Å². The third-order valence-corrected chi connectivity index (χ3v) is 3.64. The normalized spacial score (nSPS) is 25.6. The molecule has 96 valence electrons. The van der Waals surface area contributed by atoms with Gasteiger partial charge in [-0.3, -0.25) is 4.79 Å². The standard InChI is InChI=1S/C13H16ClN3O/c1-7-3-8(5-9(14)4-7)10-6-13(10,2)11(18)17-12(15)16/h3-5,10H,6H2,1-2H3,(H4,15,16,17,18). The Balaban J connectivity index is 2.24. The van der Waals surface area contributed by atoms with Gasteiger partial charge in [-0.15, -0.1) is 0 Å². The van der Waals surface area contributed by atoms with Gasteiger partial charge in [-0.05, 0) is 42.5 Å². The van der Waals surface area contributed by atoms with Gasteiger partial charge in [-0.25, -0.2) is 0 Å². The highest BCUT2D eigenvalue weighted by Gasteiger charge is 2.56. The zero-order chi connectivity index (χ0) is 13.5. The van der Waals surface area contributed by atoms with Crippen LogP contribution in [0.15, 0.2) is 23.2 Å². The van der Waals surface area contributed by atoms with E-state index in [1.54, 1.807) is 0 Å². The van der Waals surface area contributed by atoms with Crippen molar-refractivity contribution in [1.29, 1.82) is 0 Å². The van der Waals surface area contributed by atoms with Crippen LogP contribution in [0.2, 0.25) is 5.02 Å². The van der Waals surface area contributed by atoms with Gasteiger partial charge in [0.15, 0.2) is 5.96 Å². The number of amides is 1. The molecule has 1 saturated carbocycles. The van der Waals surface area contributed by atoms with Gasteiger partial charge >= 0.3 is 0 Å². The fourth-order valence-corrected chi connectivity index (χ4v) is 2.60. The van der Waals surface area contributed by atoms with E-state index in [1.165, 1.54) is 0 Å². The first kappa shape index (κ1) is 12.9. The molecule has 18 heavy (non-hydrogen) atoms. The topological polar surface area (TPSA) is 81.5 Å². The average molecular weight is 266 g/mol. The smallest absolute Gasteiger partial charge is 0.255 e. The monoisotopic (exact) mass is 265 g/mol. The van der Waals surface area contributed by atoms with E-state index in [1.807, 2.05) is 32.0 Å². The molecule has 5 heteroatoms. The van der Waals surface area contributed by atoms with E-state index in [2.05, 4.69) is 4.99 Å². The molecule has 2 rings (SSSR count). The van der Waals surface area contributed by atoms with Crippen molar-refractivity contribution in [3.8, 4) is 0 Å². The summed E-state index contributed by atoms with van der Waals surface area (Å²) in [6, 6.07) is 5.83. The molecule has 0 bridgehead atoms. The van der Waals surface area contributed by atoms with Crippen LogP contribution in [-0.4, -0.2) is 11.9 Å². The highest BCUT2D eigenvalue weighted by molar-refractivity contribution is 6.30. The Morgan fingerprint density at radius 2 is 2.11 bits per heavy atom. The molecule has 1 aromatic rings. The second-order valence-corrected chi connectivity index (χ2v) is 5.51. The van der Waals surface area contributed by atoms with Crippen molar-refractivity contribution in [3.63, 3.8) is 0 Å². The molecule has 0 aliphatic heterocycles. The molecule has 1 aliphatic carbocycles. The van der Waals surface area contributed by atoms with E-state index in [9.17, 15) is 4.79 Å². The highest BCUT2D eigenvalue weighted by Crippen LogP contribution is 2.60. The van der Waals surface area contributed by atoms with Crippen LogP contribution in [0.1, 0.15) is 30.4 Å². The van der Waals surface area contributed by atoms with Gasteiger partial charge in [-0.1, -0.05) is 24.6 Å². The van der Waals surface area contributed by atoms with Crippen molar-refractivity contribution >= 4 is 23.5 Å². The summed E-state index contributed by atoms with van der Waals surface area (Å²) in [5.74, 6) is -0.301. The zero-order valence-corrected chi connectivity index (χ0v) is 11.2. The molecule has 0 aromatic heterocycles. The second kappa shape index (κ2) is 4.28. The van der Waals surface area contributed by atoms with Crippen molar-refractivity contribution < 1.29 is 4.79 Å². The first-order valence-electron chi connectivity index (χ1n) is 5.74. The number of hydrogen-bond donors (Lipinski definition) is 2. The fourth-order valence-electron chi connectivity index (χ4n) is 2.30. The Bertz CT molecular complexity index is 517. The lowest BCUT2D eigenvalue weighted by molar-refractivity contribution is -0.122. The number of aryl methyl sites for hydroxylation is 1. The van der Waals surface area contributed by atoms with Crippen molar-refractivity contribution in [3.05, 3.63) is 34.3 Å². The summed E-state index contributed by atoms with van der Waals surface area (Å²) >= 11 is 6.03. The summed E-state index contributed by atoms with van der Waals surface area (Å²) in [4.78, 5) is 15.5. The molecule has 2 unspecified atom stereocenters. The second-order valence-electron chi connectivity index (χ2n) is 5.08. The van der Waals surface area contributed by atoms with Crippen LogP contribution in [0.3, 0.4) is 0 Å². The number of halogens is 1. The van der Waals surface area contributed by atoms with Gasteiger partial charge in [0.25, 0.3) is 5.91 Å². The Hall–Kier alpha value is -1.55. The van der Waals surface area contributed by atoms with E-state index in [0.29, 0.717) is 5.02 Å². The number of nitrogens with two attached hydrogens (primary N) is 2. The van der Waals surface area contributed by atoms with E-state index < -0.39 is 5.41 Å². The van der Waals surface area contributed by atoms with E-state index in [0.717, 1.165) is 17.5 Å². The summed E-state index contributed by atoms with van der Waals surface area (Å²) in [6.45, 7) is 3.86. The quantitative estimate of drug-likeness (QED) is 0.633. The SMILES string of the molecule is Cc1cc(Cl)cc(C2CC2(C)C(=O)N=C(N)N)c1. The van der Waals surface area contributed by atoms with Gasteiger partial charge in [0, 0.05) is 5.02 Å². The van der Waals surface area contributed by atoms with Crippen molar-refractivity contribution in [1.82, 2.24) is 0 Å². The Labute approximate surface area is 111 Å². The van der Waals surface area contributed by atoms with Crippen molar-refractivity contribution in [2.75, 3.05) is 0 Å². The molecule has 4 nitrogen and oxygen atoms in total. The lowest BCUT2D eigenvalue weighted by atomic mass is 9.99. The van der Waals surface area contributed by atoms with Crippen LogP contribution >= 0.6 is 11.6 Å². The zero-order valence-electron chi connectivity index (χ0n) is 10.4. The maximum atomic E-state index is 11.9. The molecule has 1 aromatic carbocycles. The van der Waals surface area contributed by atoms with Crippen LogP contribution in [-0.2, 0) is 4.79 Å². The molecule has 1 fully saturated rings. The maximum Gasteiger partial charge on any atom is 0.255 e. The summed E-state index contributed by atoms with van der Waals surface area (Å²) in [5.41, 5.74) is 12.1. The first-order chi connectivity index (χ1) is 8.33. The molecule has 4 N–H and O–H groups in total. The molecule has 0 saturated heterocycles. The van der Waals surface area contributed by atoms with Crippen LogP contribution in [0, 0.1) is 12.3 Å². The van der Waals surface area contributed by atoms with Crippen LogP contribution < -0.4 is 11.5 Å². The number of nitrogens with zero attached hydrogens (tertiary/aromatic N) is 1. The summed E-state index contributed by atoms with van der Waals surface area (Å²) in [5, 5.41) is 0.688. The lowest BCUT2D eigenvalue weighted by Crippen LogP contribution is -2.26. The minimum Gasteiger partial charge on any atom is -0.370 e. The van der Waals surface area contributed by atoms with E-state index in [-0.39, 0.29) is 17.8 Å². The van der Waals surface area contributed by atoms with Crippen molar-refractivity contribution in [2.24, 2.45) is 21.9 Å². The third kappa shape index (κ3) is 2.34. The number of carbonyl (C=O) groups is 1. The van der Waals surface area contributed by atoms with Gasteiger partial charge in [0.05, 0.1) is 5.41 Å². The van der Waals surface area contributed by atoms with Gasteiger partial charge in [0.1, 0.15) is 0 Å². The number of carbonyl (C=O) groups excluding carboxylic acids is 1. The first-order valence-corrected chi connectivity index (χ1v) is 6.12. The Morgan fingerprint density at radius 3 is 2.67 bits per heavy atom. The number of benzene rings is 1. The molecule has 2 atom stereocenters. The van der Waals surface area contributed by atoms with Crippen LogP contribution in [0.25, 0.3) is 0 Å². The average Bonchev–Trinajstić information content (AvgIpc) is 2.90. The van der Waals surface area contributed by atoms with Crippen molar-refractivity contribution in [2.45, 2.75) is 26.2 Å². The Morgan fingerprint density at radius 1 is 1.44 bits per heavy atom. The number of guanidine groups is 1. The fraction of sp³-hybridized carbons (Fsp3) is 0.385. The van der Waals surface area contributed by atoms with Gasteiger partial charge in [-0.2, -0.15) is 4.99 Å². The molecular formula is C13H16ClN3O. The minimum atomic E-state index is -0.499. The highest BCUT2D eigenvalue weighted by atomic mass is 35.5. The predicted molar refractivity (Wildman–Crippen MR) is 72.5 cm³/mol. The summed E-state index contributed by atoms with van der Waals surface area (Å²) in [7, 11) is 0. The maximum absolute atomic E-state index is 11.9. The molecule has 1 amide bonds. The van der Waals surface area contributed by atoms with Gasteiger partial charge in [0.2, 0.25) is 0 Å². The molecule has 1 aliphatic rings. The third-order valence-electron chi connectivity index (χ3n) is 3.42. The van der Waals surface area contributed by atoms with E-state index >= 15 is 0 Å². The molecular weight excluding hydrogens is 250 g/mol. The summed E-state index contributed by atoms with van der Waals surface area (Å²) in [6.07, 6.45) is 0.752. The predicted octanol–water partition coefficient (Wildman–Crippen LogP) is 1.94. The Kier molecular flexibility index (Phi) is 3.07. The molecule has 0 heterocycles. The minimum absolute atomic E-state index is 0.144. The van der Waals surface area contributed by atoms with Gasteiger partial charge < -0.3 is 11.5 Å². The van der Waals surface area contributed by atoms with Crippen LogP contribution in [0.4, 0.5) is 0 Å². The number of hydrogen-bond acceptors (Lipinski definition) is 1. The number of aliphatic imine (C=N–C) groups is 1. The molecule has 0 spiro atoms. The van der Waals surface area contributed by atoms with Crippen LogP contribution in [0.5, 0.6) is 0 Å². The largest absolute Gasteiger partial charge is 0.370 e. The number of rotatable bonds is 2. The lowest BCUT2D eigenvalue weighted by Gasteiger charge is -2.08. The summed E-state index contributed by atoms with van der Waals surface area (Å²) < 4.78 is 0.